The molecule has 0 bridgehead atoms. The lowest BCUT2D eigenvalue weighted by Gasteiger charge is -2.40. The van der Waals surface area contributed by atoms with Crippen LogP contribution in [-0.2, 0) is 4.74 Å². The predicted octanol–water partition coefficient (Wildman–Crippen LogP) is 1.22. The van der Waals surface area contributed by atoms with E-state index in [1.165, 1.54) is 12.8 Å². The molecule has 1 fully saturated rings. The van der Waals surface area contributed by atoms with E-state index in [2.05, 4.69) is 25.8 Å². The number of rotatable bonds is 5. The van der Waals surface area contributed by atoms with Gasteiger partial charge in [0.2, 0.25) is 0 Å². The number of nitrogens with two attached hydrogens (primary N) is 1. The van der Waals surface area contributed by atoms with Gasteiger partial charge in [-0.15, -0.1) is 0 Å². The van der Waals surface area contributed by atoms with Gasteiger partial charge in [0.1, 0.15) is 0 Å². The highest BCUT2D eigenvalue weighted by atomic mass is 16.5. The third-order valence-electron chi connectivity index (χ3n) is 3.62. The molecule has 0 radical (unpaired) electrons. The Bertz CT molecular complexity index is 175. The summed E-state index contributed by atoms with van der Waals surface area (Å²) in [5, 5.41) is 0. The molecule has 1 aliphatic heterocycles. The number of ether oxygens (including phenoxy) is 1. The normalized spacial score (nSPS) is 32.8. The smallest absolute Gasteiger partial charge is 0.0743 e. The van der Waals surface area contributed by atoms with Crippen LogP contribution in [0, 0.1) is 0 Å². The largest absolute Gasteiger partial charge is 0.376 e. The zero-order valence-corrected chi connectivity index (χ0v) is 9.75. The molecular weight excluding hydrogens is 176 g/mol. The Balaban J connectivity index is 2.58. The summed E-state index contributed by atoms with van der Waals surface area (Å²) in [6.45, 7) is 7.05. The van der Waals surface area contributed by atoms with E-state index in [-0.39, 0.29) is 11.6 Å². The van der Waals surface area contributed by atoms with E-state index in [0.29, 0.717) is 6.54 Å². The first-order valence-electron chi connectivity index (χ1n) is 5.70. The zero-order chi connectivity index (χ0) is 10.6. The summed E-state index contributed by atoms with van der Waals surface area (Å²) in [7, 11) is 2.17. The van der Waals surface area contributed by atoms with Crippen molar-refractivity contribution in [2.75, 3.05) is 26.7 Å². The van der Waals surface area contributed by atoms with Crippen molar-refractivity contribution in [3.8, 4) is 0 Å². The topological polar surface area (TPSA) is 38.5 Å². The molecule has 1 heterocycles. The SMILES string of the molecule is CCCCN(C)C1(CN)CCOC1C. The van der Waals surface area contributed by atoms with Crippen LogP contribution in [-0.4, -0.2) is 43.3 Å². The van der Waals surface area contributed by atoms with Crippen molar-refractivity contribution in [1.29, 1.82) is 0 Å². The highest BCUT2D eigenvalue weighted by Crippen LogP contribution is 2.30. The Morgan fingerprint density at radius 3 is 2.71 bits per heavy atom. The number of hydrogen-bond donors (Lipinski definition) is 1. The second-order valence-corrected chi connectivity index (χ2v) is 4.35. The molecule has 0 saturated carbocycles. The second-order valence-electron chi connectivity index (χ2n) is 4.35. The minimum absolute atomic E-state index is 0.0924. The van der Waals surface area contributed by atoms with Crippen LogP contribution in [0.2, 0.25) is 0 Å². The molecule has 1 aliphatic rings. The lowest BCUT2D eigenvalue weighted by molar-refractivity contribution is 0.0278. The molecular formula is C11H24N2O. The van der Waals surface area contributed by atoms with Crippen LogP contribution >= 0.6 is 0 Å². The Morgan fingerprint density at radius 1 is 1.57 bits per heavy atom. The standard InChI is InChI=1S/C11H24N2O/c1-4-5-7-13(3)11(9-12)6-8-14-10(11)2/h10H,4-9,12H2,1-3H3. The van der Waals surface area contributed by atoms with Crippen LogP contribution in [0.3, 0.4) is 0 Å². The van der Waals surface area contributed by atoms with Gasteiger partial charge in [0, 0.05) is 13.2 Å². The van der Waals surface area contributed by atoms with Crippen LogP contribution in [0.4, 0.5) is 0 Å². The van der Waals surface area contributed by atoms with E-state index < -0.39 is 0 Å². The van der Waals surface area contributed by atoms with Gasteiger partial charge in [-0.2, -0.15) is 0 Å². The van der Waals surface area contributed by atoms with Gasteiger partial charge in [-0.3, -0.25) is 4.90 Å². The molecule has 3 nitrogen and oxygen atoms in total. The molecule has 2 unspecified atom stereocenters. The fourth-order valence-corrected chi connectivity index (χ4v) is 2.31. The first kappa shape index (κ1) is 12.0. The Morgan fingerprint density at radius 2 is 2.29 bits per heavy atom. The molecule has 2 atom stereocenters. The predicted molar refractivity (Wildman–Crippen MR) is 59.4 cm³/mol. The van der Waals surface area contributed by atoms with Crippen molar-refractivity contribution in [2.24, 2.45) is 5.73 Å². The van der Waals surface area contributed by atoms with Crippen molar-refractivity contribution in [3.05, 3.63) is 0 Å². The van der Waals surface area contributed by atoms with Gasteiger partial charge in [0.15, 0.2) is 0 Å². The third kappa shape index (κ3) is 2.10. The van der Waals surface area contributed by atoms with E-state index in [0.717, 1.165) is 19.6 Å². The molecule has 2 N–H and O–H groups in total. The van der Waals surface area contributed by atoms with Gasteiger partial charge < -0.3 is 10.5 Å². The van der Waals surface area contributed by atoms with Crippen LogP contribution in [0.15, 0.2) is 0 Å². The number of nitrogens with zero attached hydrogens (tertiary/aromatic N) is 1. The van der Waals surface area contributed by atoms with Crippen LogP contribution in [0.1, 0.15) is 33.1 Å². The van der Waals surface area contributed by atoms with Crippen LogP contribution in [0.5, 0.6) is 0 Å². The monoisotopic (exact) mass is 200 g/mol. The first-order chi connectivity index (χ1) is 6.67. The number of hydrogen-bond acceptors (Lipinski definition) is 3. The summed E-state index contributed by atoms with van der Waals surface area (Å²) in [5.41, 5.74) is 6.00. The summed E-state index contributed by atoms with van der Waals surface area (Å²) in [6.07, 6.45) is 3.82. The minimum atomic E-state index is 0.0924. The Kier molecular flexibility index (Phi) is 4.35. The quantitative estimate of drug-likeness (QED) is 0.725. The third-order valence-corrected chi connectivity index (χ3v) is 3.62. The summed E-state index contributed by atoms with van der Waals surface area (Å²) < 4.78 is 5.64. The highest BCUT2D eigenvalue weighted by molar-refractivity contribution is 4.99. The van der Waals surface area contributed by atoms with E-state index in [1.807, 2.05) is 0 Å². The zero-order valence-electron chi connectivity index (χ0n) is 9.75. The molecule has 0 aromatic carbocycles. The van der Waals surface area contributed by atoms with Gasteiger partial charge in [0.05, 0.1) is 11.6 Å². The summed E-state index contributed by atoms with van der Waals surface area (Å²) >= 11 is 0. The van der Waals surface area contributed by atoms with Crippen LogP contribution in [0.25, 0.3) is 0 Å². The van der Waals surface area contributed by atoms with Gasteiger partial charge in [-0.25, -0.2) is 0 Å². The average Bonchev–Trinajstić information content (AvgIpc) is 2.57. The van der Waals surface area contributed by atoms with Gasteiger partial charge >= 0.3 is 0 Å². The van der Waals surface area contributed by atoms with Crippen LogP contribution < -0.4 is 5.73 Å². The number of unbranched alkanes of at least 4 members (excludes halogenated alkanes) is 1. The maximum absolute atomic E-state index is 5.91. The van der Waals surface area contributed by atoms with Crippen molar-refractivity contribution < 1.29 is 4.74 Å². The van der Waals surface area contributed by atoms with E-state index in [1.54, 1.807) is 0 Å². The Labute approximate surface area is 87.6 Å². The van der Waals surface area contributed by atoms with Gasteiger partial charge in [-0.1, -0.05) is 13.3 Å². The molecule has 0 amide bonds. The Hall–Kier alpha value is -0.120. The van der Waals surface area contributed by atoms with Gasteiger partial charge in [-0.05, 0) is 33.4 Å². The van der Waals surface area contributed by atoms with E-state index in [9.17, 15) is 0 Å². The van der Waals surface area contributed by atoms with Crippen molar-refractivity contribution in [1.82, 2.24) is 4.90 Å². The summed E-state index contributed by atoms with van der Waals surface area (Å²) in [4.78, 5) is 2.40. The van der Waals surface area contributed by atoms with Crippen molar-refractivity contribution in [3.63, 3.8) is 0 Å². The summed E-state index contributed by atoms with van der Waals surface area (Å²) in [6, 6.07) is 0. The highest BCUT2D eigenvalue weighted by Gasteiger charge is 2.43. The molecule has 0 aromatic rings. The maximum atomic E-state index is 5.91. The van der Waals surface area contributed by atoms with E-state index >= 15 is 0 Å². The maximum Gasteiger partial charge on any atom is 0.0743 e. The number of likely N-dealkylation sites (N-methyl/N-ethyl adjacent to an activating group) is 1. The molecule has 3 heteroatoms. The van der Waals surface area contributed by atoms with E-state index in [4.69, 9.17) is 10.5 Å². The van der Waals surface area contributed by atoms with Gasteiger partial charge in [0.25, 0.3) is 0 Å². The molecule has 0 spiro atoms. The molecule has 1 saturated heterocycles. The molecule has 84 valence electrons. The van der Waals surface area contributed by atoms with Crippen molar-refractivity contribution >= 4 is 0 Å². The summed E-state index contributed by atoms with van der Waals surface area (Å²) in [5.74, 6) is 0. The molecule has 0 aliphatic carbocycles. The fourth-order valence-electron chi connectivity index (χ4n) is 2.31. The molecule has 1 rings (SSSR count). The molecule has 0 aromatic heterocycles. The van der Waals surface area contributed by atoms with Crippen molar-refractivity contribution in [2.45, 2.75) is 44.8 Å². The minimum Gasteiger partial charge on any atom is -0.376 e. The first-order valence-corrected chi connectivity index (χ1v) is 5.70. The lowest BCUT2D eigenvalue weighted by Crippen LogP contribution is -2.56. The average molecular weight is 200 g/mol. The molecule has 14 heavy (non-hydrogen) atoms. The lowest BCUT2D eigenvalue weighted by atomic mass is 9.90. The fraction of sp³-hybridized carbons (Fsp3) is 1.00. The second kappa shape index (κ2) is 5.10.